The molecule has 0 heterocycles. The summed E-state index contributed by atoms with van der Waals surface area (Å²) in [5, 5.41) is 11.8. The second-order valence-corrected chi connectivity index (χ2v) is 17.5. The number of rotatable bonds is 50. The smallest absolute Gasteiger partial charge is 0.332 e. The first-order valence-corrected chi connectivity index (χ1v) is 25.7. The number of unbranched alkanes of at least 4 members (excludes halogenated alkanes) is 17. The van der Waals surface area contributed by atoms with Gasteiger partial charge in [-0.3, -0.25) is 24.0 Å². The molecule has 392 valence electrons. The van der Waals surface area contributed by atoms with Crippen LogP contribution >= 0.6 is 0 Å². The molecular weight excluding hydrogens is 879 g/mol. The van der Waals surface area contributed by atoms with Gasteiger partial charge in [0.25, 0.3) is 5.91 Å². The molecule has 0 rings (SSSR count). The Labute approximate surface area is 406 Å². The zero-order valence-corrected chi connectivity index (χ0v) is 41.6. The van der Waals surface area contributed by atoms with Crippen LogP contribution in [0.1, 0.15) is 193 Å². The Hall–Kier alpha value is -4.29. The molecule has 0 fully saturated rings. The SMILES string of the molecule is CCC(COCCC(=O)NCCCCCCC=O)(COCCC(=O)NCCCCCCCC=O)COCCC(=O)NCCCCCCCC(=O)NCCCCCCCC(=O)ONC(=O)CCC=O. The lowest BCUT2D eigenvalue weighted by molar-refractivity contribution is -0.158. The summed E-state index contributed by atoms with van der Waals surface area (Å²) in [4.78, 5) is 108. The van der Waals surface area contributed by atoms with Gasteiger partial charge in [-0.05, 0) is 57.8 Å². The minimum Gasteiger partial charge on any atom is -0.380 e. The number of carbonyl (C=O) groups excluding carboxylic acids is 9. The van der Waals surface area contributed by atoms with Crippen molar-refractivity contribution in [3.05, 3.63) is 0 Å². The number of hydroxylamine groups is 1. The van der Waals surface area contributed by atoms with E-state index in [9.17, 15) is 43.2 Å². The summed E-state index contributed by atoms with van der Waals surface area (Å²) in [5.41, 5.74) is 1.50. The van der Waals surface area contributed by atoms with Crippen LogP contribution in [-0.4, -0.2) is 120 Å². The lowest BCUT2D eigenvalue weighted by Gasteiger charge is -2.32. The molecule has 0 spiro atoms. The highest BCUT2D eigenvalue weighted by molar-refractivity contribution is 5.79. The Kier molecular flexibility index (Phi) is 44.7. The number of aldehydes is 3. The maximum Gasteiger partial charge on any atom is 0.332 e. The molecule has 0 aromatic rings. The van der Waals surface area contributed by atoms with Crippen LogP contribution in [-0.2, 0) is 62.2 Å². The summed E-state index contributed by atoms with van der Waals surface area (Å²) in [6.45, 7) is 5.92. The van der Waals surface area contributed by atoms with Crippen LogP contribution in [0.25, 0.3) is 0 Å². The van der Waals surface area contributed by atoms with Gasteiger partial charge in [0.05, 0.1) is 39.6 Å². The predicted octanol–water partition coefficient (Wildman–Crippen LogP) is 5.99. The van der Waals surface area contributed by atoms with Crippen LogP contribution in [0.5, 0.6) is 0 Å². The van der Waals surface area contributed by atoms with Crippen LogP contribution in [0, 0.1) is 5.41 Å². The molecule has 0 saturated heterocycles. The Bertz CT molecular complexity index is 1350. The summed E-state index contributed by atoms with van der Waals surface area (Å²) in [5.74, 6) is -1.23. The molecule has 5 amide bonds. The molecule has 0 saturated carbocycles. The first kappa shape index (κ1) is 63.7. The van der Waals surface area contributed by atoms with Gasteiger partial charge in [-0.1, -0.05) is 77.6 Å². The molecule has 5 N–H and O–H groups in total. The minimum absolute atomic E-state index is 0.0166. The number of amides is 5. The van der Waals surface area contributed by atoms with E-state index in [0.29, 0.717) is 64.6 Å². The van der Waals surface area contributed by atoms with E-state index in [1.807, 2.05) is 12.4 Å². The second kappa shape index (κ2) is 47.8. The van der Waals surface area contributed by atoms with Gasteiger partial charge < -0.3 is 54.7 Å². The van der Waals surface area contributed by atoms with Crippen LogP contribution in [0.2, 0.25) is 0 Å². The van der Waals surface area contributed by atoms with Crippen molar-refractivity contribution in [3.8, 4) is 0 Å². The molecule has 0 aliphatic carbocycles. The Morgan fingerprint density at radius 2 is 0.721 bits per heavy atom. The molecule has 0 aromatic carbocycles. The van der Waals surface area contributed by atoms with Crippen molar-refractivity contribution in [2.75, 3.05) is 65.8 Å². The third-order valence-corrected chi connectivity index (χ3v) is 11.3. The Morgan fingerprint density at radius 1 is 0.382 bits per heavy atom. The number of nitrogens with one attached hydrogen (secondary N) is 5. The van der Waals surface area contributed by atoms with Crippen molar-refractivity contribution in [2.45, 2.75) is 193 Å². The molecule has 0 radical (unpaired) electrons. The van der Waals surface area contributed by atoms with Crippen molar-refractivity contribution in [2.24, 2.45) is 5.41 Å². The highest BCUT2D eigenvalue weighted by atomic mass is 16.7. The highest BCUT2D eigenvalue weighted by Crippen LogP contribution is 2.24. The predicted molar refractivity (Wildman–Crippen MR) is 259 cm³/mol. The Morgan fingerprint density at radius 3 is 1.10 bits per heavy atom. The van der Waals surface area contributed by atoms with E-state index in [0.717, 1.165) is 128 Å². The molecule has 1 unspecified atom stereocenters. The normalized spacial score (nSPS) is 11.8. The van der Waals surface area contributed by atoms with Gasteiger partial charge in [-0.15, -0.1) is 0 Å². The monoisotopic (exact) mass is 968 g/mol. The molecule has 1 atom stereocenters. The number of ether oxygens (including phenoxy) is 3. The molecule has 0 aliphatic rings. The van der Waals surface area contributed by atoms with Crippen molar-refractivity contribution in [1.82, 2.24) is 26.7 Å². The van der Waals surface area contributed by atoms with Crippen molar-refractivity contribution in [3.63, 3.8) is 0 Å². The van der Waals surface area contributed by atoms with Crippen LogP contribution in [0.3, 0.4) is 0 Å². The average Bonchev–Trinajstić information content (AvgIpc) is 3.33. The van der Waals surface area contributed by atoms with Crippen LogP contribution < -0.4 is 26.7 Å². The van der Waals surface area contributed by atoms with Crippen molar-refractivity contribution < 1.29 is 62.2 Å². The van der Waals surface area contributed by atoms with Gasteiger partial charge in [0.1, 0.15) is 18.9 Å². The highest BCUT2D eigenvalue weighted by Gasteiger charge is 2.30. The maximum atomic E-state index is 12.6. The number of hydrogen-bond acceptors (Lipinski definition) is 13. The zero-order valence-electron chi connectivity index (χ0n) is 41.6. The van der Waals surface area contributed by atoms with E-state index in [4.69, 9.17) is 14.2 Å². The van der Waals surface area contributed by atoms with Crippen LogP contribution in [0.4, 0.5) is 0 Å². The quantitative estimate of drug-likeness (QED) is 0.0267. The van der Waals surface area contributed by atoms with Crippen molar-refractivity contribution in [1.29, 1.82) is 0 Å². The van der Waals surface area contributed by atoms with Crippen LogP contribution in [0.15, 0.2) is 0 Å². The lowest BCUT2D eigenvalue weighted by atomic mass is 9.88. The van der Waals surface area contributed by atoms with Crippen molar-refractivity contribution >= 4 is 54.4 Å². The lowest BCUT2D eigenvalue weighted by Crippen LogP contribution is -2.38. The fraction of sp³-hybridized carbons (Fsp3) is 0.820. The van der Waals surface area contributed by atoms with Gasteiger partial charge >= 0.3 is 5.97 Å². The van der Waals surface area contributed by atoms with E-state index in [1.54, 1.807) is 0 Å². The van der Waals surface area contributed by atoms with E-state index in [2.05, 4.69) is 26.1 Å². The second-order valence-electron chi connectivity index (χ2n) is 17.5. The van der Waals surface area contributed by atoms with E-state index in [1.165, 1.54) is 0 Å². The standard InChI is InChI=1S/C50H89N5O13/c1-2-50(43-67-40-30-47(62)54-34-21-13-7-15-23-36-57,41-65-38-28-45(60)52-32-18-10-3-4-14-22-35-56)42-66-39-29-46(61)53-33-20-11-5-8-16-25-44(59)51-31-19-12-6-9-17-27-49(64)68-55-48(63)26-24-37-58/h35-37H,2-34,38-43H2,1H3,(H,51,59)(H,52,60)(H,53,61)(H,54,62)(H,55,63). The maximum absolute atomic E-state index is 12.6. The molecule has 0 aromatic heterocycles. The number of hydrogen-bond donors (Lipinski definition) is 5. The zero-order chi connectivity index (χ0) is 50.0. The van der Waals surface area contributed by atoms with Gasteiger partial charge in [0, 0.05) is 89.4 Å². The third kappa shape index (κ3) is 43.0. The van der Waals surface area contributed by atoms with Gasteiger partial charge in [-0.25, -0.2) is 4.79 Å². The van der Waals surface area contributed by atoms with Gasteiger partial charge in [0.2, 0.25) is 23.6 Å². The fourth-order valence-corrected chi connectivity index (χ4v) is 6.92. The Balaban J connectivity index is 4.33. The van der Waals surface area contributed by atoms with Gasteiger partial charge in [0.15, 0.2) is 0 Å². The molecule has 0 bridgehead atoms. The summed E-state index contributed by atoms with van der Waals surface area (Å²) < 4.78 is 18.0. The molecular formula is C50H89N5O13. The molecule has 68 heavy (non-hydrogen) atoms. The summed E-state index contributed by atoms with van der Waals surface area (Å²) >= 11 is 0. The summed E-state index contributed by atoms with van der Waals surface area (Å²) in [6, 6.07) is 0. The summed E-state index contributed by atoms with van der Waals surface area (Å²) in [7, 11) is 0. The van der Waals surface area contributed by atoms with Gasteiger partial charge in [-0.2, -0.15) is 5.48 Å². The summed E-state index contributed by atoms with van der Waals surface area (Å²) in [6.07, 6.45) is 22.9. The number of carbonyl (C=O) groups is 9. The van der Waals surface area contributed by atoms with E-state index in [-0.39, 0.29) is 102 Å². The third-order valence-electron chi connectivity index (χ3n) is 11.3. The average molecular weight is 968 g/mol. The first-order valence-electron chi connectivity index (χ1n) is 25.7. The largest absolute Gasteiger partial charge is 0.380 e. The topological polar surface area (TPSA) is 251 Å². The fourth-order valence-electron chi connectivity index (χ4n) is 6.92. The van der Waals surface area contributed by atoms with E-state index >= 15 is 0 Å². The molecule has 18 nitrogen and oxygen atoms in total. The minimum atomic E-state index is -0.540. The molecule has 18 heteroatoms. The first-order chi connectivity index (χ1) is 33.1. The van der Waals surface area contributed by atoms with E-state index < -0.39 is 17.3 Å². The molecule has 0 aliphatic heterocycles.